The predicted molar refractivity (Wildman–Crippen MR) is 104 cm³/mol. The fraction of sp³-hybridized carbons (Fsp3) is 0.389. The van der Waals surface area contributed by atoms with Crippen LogP contribution in [-0.2, 0) is 14.8 Å². The van der Waals surface area contributed by atoms with Gasteiger partial charge >= 0.3 is 0 Å². The Morgan fingerprint density at radius 1 is 1.27 bits per heavy atom. The van der Waals surface area contributed by atoms with Crippen molar-refractivity contribution >= 4 is 38.6 Å². The summed E-state index contributed by atoms with van der Waals surface area (Å²) in [5.41, 5.74) is 0.402. The number of rotatable bonds is 4. The van der Waals surface area contributed by atoms with E-state index in [0.717, 1.165) is 4.88 Å². The van der Waals surface area contributed by atoms with Gasteiger partial charge in [-0.15, -0.1) is 11.3 Å². The molecule has 8 heteroatoms. The smallest absolute Gasteiger partial charge is 0.271 e. The van der Waals surface area contributed by atoms with Crippen molar-refractivity contribution in [2.24, 2.45) is 5.41 Å². The summed E-state index contributed by atoms with van der Waals surface area (Å²) < 4.78 is 33.7. The number of nitrogens with one attached hydrogen (secondary N) is 1. The largest absolute Gasteiger partial charge is 0.490 e. The van der Waals surface area contributed by atoms with Crippen LogP contribution in [0.1, 0.15) is 25.6 Å². The van der Waals surface area contributed by atoms with Crippen LogP contribution in [0, 0.1) is 12.3 Å². The standard InChI is InChI=1S/C18H22N2O4S2/c1-5-20-14-8-7-13(10-15(14)24-11-18(3,4)17(20)21)19-26(22,23)16-9-6-12(2)25-16/h6-10,19H,5,11H2,1-4H3. The number of carbonyl (C=O) groups excluding carboxylic acids is 1. The minimum absolute atomic E-state index is 0.0128. The summed E-state index contributed by atoms with van der Waals surface area (Å²) in [7, 11) is -3.65. The number of benzene rings is 1. The van der Waals surface area contributed by atoms with Gasteiger partial charge in [0.25, 0.3) is 10.0 Å². The lowest BCUT2D eigenvalue weighted by molar-refractivity contribution is -0.127. The molecule has 0 radical (unpaired) electrons. The summed E-state index contributed by atoms with van der Waals surface area (Å²) in [5.74, 6) is 0.481. The molecular formula is C18H22N2O4S2. The second-order valence-corrected chi connectivity index (χ2v) is 10.1. The molecule has 3 rings (SSSR count). The molecular weight excluding hydrogens is 372 g/mol. The quantitative estimate of drug-likeness (QED) is 0.859. The van der Waals surface area contributed by atoms with Gasteiger partial charge in [-0.3, -0.25) is 9.52 Å². The second-order valence-electron chi connectivity index (χ2n) is 6.88. The van der Waals surface area contributed by atoms with Crippen molar-refractivity contribution in [2.45, 2.75) is 31.9 Å². The van der Waals surface area contributed by atoms with Gasteiger partial charge in [0.15, 0.2) is 0 Å². The lowest BCUT2D eigenvalue weighted by atomic mass is 9.93. The third kappa shape index (κ3) is 3.43. The number of hydrogen-bond donors (Lipinski definition) is 1. The summed E-state index contributed by atoms with van der Waals surface area (Å²) in [5, 5.41) is 0. The van der Waals surface area contributed by atoms with Crippen LogP contribution in [0.2, 0.25) is 0 Å². The SMILES string of the molecule is CCN1C(=O)C(C)(C)COc2cc(NS(=O)(=O)c3ccc(C)s3)ccc21. The van der Waals surface area contributed by atoms with Gasteiger partial charge in [0.05, 0.1) is 16.8 Å². The molecule has 0 bridgehead atoms. The topological polar surface area (TPSA) is 75.7 Å². The van der Waals surface area contributed by atoms with Gasteiger partial charge < -0.3 is 9.64 Å². The van der Waals surface area contributed by atoms with Gasteiger partial charge in [0, 0.05) is 17.5 Å². The molecule has 0 saturated carbocycles. The Hall–Kier alpha value is -2.06. The predicted octanol–water partition coefficient (Wildman–Crippen LogP) is 3.63. The van der Waals surface area contributed by atoms with Gasteiger partial charge in [-0.25, -0.2) is 8.42 Å². The number of anilines is 2. The molecule has 2 aromatic rings. The zero-order valence-electron chi connectivity index (χ0n) is 15.2. The normalized spacial score (nSPS) is 16.6. The average Bonchev–Trinajstić information content (AvgIpc) is 2.98. The summed E-state index contributed by atoms with van der Waals surface area (Å²) in [4.78, 5) is 15.3. The van der Waals surface area contributed by atoms with Crippen molar-refractivity contribution in [3.8, 4) is 5.75 Å². The maximum absolute atomic E-state index is 12.7. The molecule has 0 unspecified atom stereocenters. The molecule has 0 spiro atoms. The molecule has 140 valence electrons. The molecule has 0 atom stereocenters. The molecule has 6 nitrogen and oxygen atoms in total. The molecule has 1 amide bonds. The lowest BCUT2D eigenvalue weighted by Crippen LogP contribution is -2.42. The van der Waals surface area contributed by atoms with Crippen LogP contribution < -0.4 is 14.4 Å². The first kappa shape index (κ1) is 18.7. The Morgan fingerprint density at radius 2 is 2.00 bits per heavy atom. The molecule has 1 N–H and O–H groups in total. The molecule has 1 aromatic heterocycles. The van der Waals surface area contributed by atoms with Crippen molar-refractivity contribution in [2.75, 3.05) is 22.8 Å². The number of amides is 1. The lowest BCUT2D eigenvalue weighted by Gasteiger charge is -2.26. The van der Waals surface area contributed by atoms with E-state index >= 15 is 0 Å². The highest BCUT2D eigenvalue weighted by atomic mass is 32.2. The number of fused-ring (bicyclic) bond motifs is 1. The van der Waals surface area contributed by atoms with Gasteiger partial charge in [-0.05, 0) is 52.0 Å². The molecule has 0 fully saturated rings. The van der Waals surface area contributed by atoms with E-state index in [4.69, 9.17) is 4.74 Å². The fourth-order valence-corrected chi connectivity index (χ4v) is 5.12. The van der Waals surface area contributed by atoms with Crippen LogP contribution in [0.4, 0.5) is 11.4 Å². The van der Waals surface area contributed by atoms with E-state index in [1.165, 1.54) is 11.3 Å². The highest BCUT2D eigenvalue weighted by Crippen LogP contribution is 2.38. The van der Waals surface area contributed by atoms with Crippen molar-refractivity contribution < 1.29 is 17.9 Å². The molecule has 2 heterocycles. The number of ether oxygens (including phenoxy) is 1. The van der Waals surface area contributed by atoms with E-state index in [-0.39, 0.29) is 16.7 Å². The van der Waals surface area contributed by atoms with Crippen molar-refractivity contribution in [1.29, 1.82) is 0 Å². The van der Waals surface area contributed by atoms with E-state index in [2.05, 4.69) is 4.72 Å². The Labute approximate surface area is 157 Å². The van der Waals surface area contributed by atoms with Crippen molar-refractivity contribution in [3.05, 3.63) is 35.2 Å². The third-order valence-electron chi connectivity index (χ3n) is 4.21. The molecule has 0 aliphatic carbocycles. The highest BCUT2D eigenvalue weighted by Gasteiger charge is 2.37. The Kier molecular flexibility index (Phi) is 4.74. The van der Waals surface area contributed by atoms with Crippen LogP contribution in [0.25, 0.3) is 0 Å². The molecule has 26 heavy (non-hydrogen) atoms. The van der Waals surface area contributed by atoms with E-state index in [0.29, 0.717) is 23.7 Å². The Bertz CT molecular complexity index is 948. The van der Waals surface area contributed by atoms with Crippen LogP contribution in [0.3, 0.4) is 0 Å². The molecule has 0 saturated heterocycles. The first-order chi connectivity index (χ1) is 12.1. The van der Waals surface area contributed by atoms with Crippen LogP contribution in [-0.4, -0.2) is 27.5 Å². The molecule has 1 aliphatic heterocycles. The fourth-order valence-electron chi connectivity index (χ4n) is 2.79. The zero-order valence-corrected chi connectivity index (χ0v) is 16.8. The minimum atomic E-state index is -3.65. The zero-order chi connectivity index (χ0) is 19.1. The summed E-state index contributed by atoms with van der Waals surface area (Å²) in [6.07, 6.45) is 0. The van der Waals surface area contributed by atoms with E-state index < -0.39 is 15.4 Å². The van der Waals surface area contributed by atoms with Gasteiger partial charge in [0.1, 0.15) is 16.6 Å². The van der Waals surface area contributed by atoms with Crippen LogP contribution in [0.15, 0.2) is 34.5 Å². The molecule has 1 aromatic carbocycles. The summed E-state index contributed by atoms with van der Waals surface area (Å²) >= 11 is 1.22. The summed E-state index contributed by atoms with van der Waals surface area (Å²) in [6, 6.07) is 8.35. The number of thiophene rings is 1. The first-order valence-electron chi connectivity index (χ1n) is 8.32. The molecule has 1 aliphatic rings. The average molecular weight is 395 g/mol. The first-order valence-corrected chi connectivity index (χ1v) is 10.6. The Morgan fingerprint density at radius 3 is 2.62 bits per heavy atom. The number of hydrogen-bond acceptors (Lipinski definition) is 5. The summed E-state index contributed by atoms with van der Waals surface area (Å²) in [6.45, 7) is 8.18. The van der Waals surface area contributed by atoms with E-state index in [9.17, 15) is 13.2 Å². The highest BCUT2D eigenvalue weighted by molar-refractivity contribution is 7.94. The second kappa shape index (κ2) is 6.59. The van der Waals surface area contributed by atoms with E-state index in [1.54, 1.807) is 35.2 Å². The van der Waals surface area contributed by atoms with Crippen LogP contribution >= 0.6 is 11.3 Å². The Balaban J connectivity index is 1.95. The maximum atomic E-state index is 12.7. The number of aryl methyl sites for hydroxylation is 1. The third-order valence-corrected chi connectivity index (χ3v) is 7.09. The number of nitrogens with zero attached hydrogens (tertiary/aromatic N) is 1. The number of sulfonamides is 1. The van der Waals surface area contributed by atoms with Gasteiger partial charge in [-0.1, -0.05) is 0 Å². The van der Waals surface area contributed by atoms with E-state index in [1.807, 2.05) is 27.7 Å². The van der Waals surface area contributed by atoms with Gasteiger partial charge in [-0.2, -0.15) is 0 Å². The van der Waals surface area contributed by atoms with Crippen molar-refractivity contribution in [3.63, 3.8) is 0 Å². The minimum Gasteiger partial charge on any atom is -0.490 e. The van der Waals surface area contributed by atoms with Crippen molar-refractivity contribution in [1.82, 2.24) is 0 Å². The maximum Gasteiger partial charge on any atom is 0.271 e. The van der Waals surface area contributed by atoms with Gasteiger partial charge in [0.2, 0.25) is 5.91 Å². The van der Waals surface area contributed by atoms with Crippen LogP contribution in [0.5, 0.6) is 5.75 Å². The number of carbonyl (C=O) groups is 1. The monoisotopic (exact) mass is 394 g/mol.